The van der Waals surface area contributed by atoms with Gasteiger partial charge >= 0.3 is 0 Å². The number of nitrogens with zero attached hydrogens (tertiary/aromatic N) is 2. The Bertz CT molecular complexity index is 1150. The molecule has 0 saturated carbocycles. The Kier molecular flexibility index (Phi) is 43.7. The van der Waals surface area contributed by atoms with E-state index in [9.17, 15) is 0 Å². The lowest BCUT2D eigenvalue weighted by Gasteiger charge is -2.25. The van der Waals surface area contributed by atoms with Crippen LogP contribution in [-0.4, -0.2) is 13.1 Å². The fraction of sp³-hybridized carbons (Fsp3) is 0.780. The highest BCUT2D eigenvalue weighted by Crippen LogP contribution is 2.21. The molecule has 0 aliphatic heterocycles. The van der Waals surface area contributed by atoms with E-state index in [1.165, 1.54) is 287 Å². The highest BCUT2D eigenvalue weighted by molar-refractivity contribution is 5.70. The van der Waals surface area contributed by atoms with Crippen molar-refractivity contribution in [1.82, 2.24) is 0 Å². The van der Waals surface area contributed by atoms with Gasteiger partial charge in [0.05, 0.1) is 0 Å². The van der Waals surface area contributed by atoms with Crippen molar-refractivity contribution < 1.29 is 28.5 Å². The molecule has 2 nitrogen and oxygen atoms in total. The topological polar surface area (TPSA) is 7.12 Å². The summed E-state index contributed by atoms with van der Waals surface area (Å²) in [6, 6.07) is 13.8. The molecule has 2 rings (SSSR count). The van der Waals surface area contributed by atoms with E-state index in [1.54, 1.807) is 0 Å². The number of halogens is 1. The SMILES string of the molecule is CCCCCCCCCCCCCCCCCCCCCCN(CCCCCCCCCCCCCCCCCCCCCC)c1ccc(C=Cc2cc[n+](CC)cc2)cc1.[I-]. The quantitative estimate of drug-likeness (QED) is 0.0364. The van der Waals surface area contributed by atoms with Crippen molar-refractivity contribution in [2.45, 2.75) is 284 Å². The third-order valence-corrected chi connectivity index (χ3v) is 13.6. The van der Waals surface area contributed by atoms with E-state index >= 15 is 0 Å². The van der Waals surface area contributed by atoms with Crippen LogP contribution in [0.5, 0.6) is 0 Å². The summed E-state index contributed by atoms with van der Waals surface area (Å²) >= 11 is 0. The molecule has 3 heteroatoms. The first-order valence-corrected chi connectivity index (χ1v) is 27.8. The Balaban J connectivity index is 0.0000192. The Morgan fingerprint density at radius 3 is 0.823 bits per heavy atom. The average Bonchev–Trinajstić information content (AvgIpc) is 3.29. The van der Waals surface area contributed by atoms with Crippen molar-refractivity contribution in [2.75, 3.05) is 18.0 Å². The summed E-state index contributed by atoms with van der Waals surface area (Å²) < 4.78 is 2.21. The van der Waals surface area contributed by atoms with Gasteiger partial charge in [-0.15, -0.1) is 0 Å². The molecule has 0 radical (unpaired) electrons. The van der Waals surface area contributed by atoms with E-state index in [2.05, 4.69) is 91.2 Å². The lowest BCUT2D eigenvalue weighted by molar-refractivity contribution is -0.693. The first-order chi connectivity index (χ1) is 30.3. The molecule has 0 saturated heterocycles. The maximum Gasteiger partial charge on any atom is 0.169 e. The van der Waals surface area contributed by atoms with Gasteiger partial charge < -0.3 is 28.9 Å². The Labute approximate surface area is 406 Å². The molecule has 2 aromatic rings. The maximum absolute atomic E-state index is 2.71. The molecule has 0 amide bonds. The molecule has 358 valence electrons. The number of anilines is 1. The number of pyridine rings is 1. The second kappa shape index (κ2) is 46.2. The summed E-state index contributed by atoms with van der Waals surface area (Å²) in [4.78, 5) is 2.71. The van der Waals surface area contributed by atoms with E-state index in [0.29, 0.717) is 0 Å². The van der Waals surface area contributed by atoms with Crippen molar-refractivity contribution in [3.8, 4) is 0 Å². The van der Waals surface area contributed by atoms with E-state index < -0.39 is 0 Å². The molecule has 0 spiro atoms. The van der Waals surface area contributed by atoms with Gasteiger partial charge in [-0.2, -0.15) is 0 Å². The lowest BCUT2D eigenvalue weighted by Crippen LogP contribution is -3.00. The molecular formula is C59H105IN2. The van der Waals surface area contributed by atoms with Crippen LogP contribution >= 0.6 is 0 Å². The molecule has 1 heterocycles. The maximum atomic E-state index is 2.71. The molecule has 0 bridgehead atoms. The van der Waals surface area contributed by atoms with E-state index in [1.807, 2.05) is 0 Å². The minimum Gasteiger partial charge on any atom is -1.00 e. The van der Waals surface area contributed by atoms with E-state index in [-0.39, 0.29) is 24.0 Å². The number of unbranched alkanes of at least 4 members (excludes halogenated alkanes) is 38. The second-order valence-electron chi connectivity index (χ2n) is 19.3. The van der Waals surface area contributed by atoms with Crippen molar-refractivity contribution in [3.63, 3.8) is 0 Å². The summed E-state index contributed by atoms with van der Waals surface area (Å²) in [5.41, 5.74) is 3.96. The number of rotatable bonds is 46. The second-order valence-corrected chi connectivity index (χ2v) is 19.3. The fourth-order valence-electron chi connectivity index (χ4n) is 9.27. The molecule has 0 aliphatic carbocycles. The van der Waals surface area contributed by atoms with Crippen molar-refractivity contribution in [2.24, 2.45) is 0 Å². The summed E-state index contributed by atoms with van der Waals surface area (Å²) in [6.45, 7) is 10.2. The normalized spacial score (nSPS) is 11.5. The van der Waals surface area contributed by atoms with Crippen molar-refractivity contribution in [3.05, 3.63) is 59.9 Å². The number of aryl methyl sites for hydroxylation is 1. The summed E-state index contributed by atoms with van der Waals surface area (Å²) in [5.74, 6) is 0. The summed E-state index contributed by atoms with van der Waals surface area (Å²) in [5, 5.41) is 0. The number of hydrogen-bond acceptors (Lipinski definition) is 1. The van der Waals surface area contributed by atoms with Gasteiger partial charge in [0, 0.05) is 30.9 Å². The molecule has 1 aromatic heterocycles. The molecule has 1 aromatic carbocycles. The first kappa shape index (κ1) is 58.7. The zero-order valence-corrected chi connectivity index (χ0v) is 44.1. The van der Waals surface area contributed by atoms with Gasteiger partial charge in [0.25, 0.3) is 0 Å². The van der Waals surface area contributed by atoms with Crippen LogP contribution < -0.4 is 33.4 Å². The highest BCUT2D eigenvalue weighted by Gasteiger charge is 2.07. The minimum absolute atomic E-state index is 0. The Hall–Kier alpha value is -1.36. The predicted molar refractivity (Wildman–Crippen MR) is 276 cm³/mol. The largest absolute Gasteiger partial charge is 1.00 e. The zero-order chi connectivity index (χ0) is 43.4. The van der Waals surface area contributed by atoms with Crippen LogP contribution in [0.4, 0.5) is 5.69 Å². The fourth-order valence-corrected chi connectivity index (χ4v) is 9.27. The van der Waals surface area contributed by atoms with Gasteiger partial charge in [-0.25, -0.2) is 4.57 Å². The van der Waals surface area contributed by atoms with Crippen LogP contribution in [0.1, 0.15) is 289 Å². The van der Waals surface area contributed by atoms with Crippen LogP contribution in [0, 0.1) is 0 Å². The van der Waals surface area contributed by atoms with Crippen molar-refractivity contribution >= 4 is 17.8 Å². The lowest BCUT2D eigenvalue weighted by atomic mass is 10.0. The van der Waals surface area contributed by atoms with E-state index in [4.69, 9.17) is 0 Å². The number of hydrogen-bond donors (Lipinski definition) is 0. The summed E-state index contributed by atoms with van der Waals surface area (Å²) in [7, 11) is 0. The number of aromatic nitrogens is 1. The van der Waals surface area contributed by atoms with E-state index in [0.717, 1.165) is 6.54 Å². The molecule has 0 aliphatic rings. The van der Waals surface area contributed by atoms with Crippen molar-refractivity contribution in [1.29, 1.82) is 0 Å². The molecule has 0 fully saturated rings. The third kappa shape index (κ3) is 35.9. The molecule has 0 N–H and O–H groups in total. The van der Waals surface area contributed by atoms with Gasteiger partial charge in [-0.05, 0) is 43.0 Å². The zero-order valence-electron chi connectivity index (χ0n) is 42.0. The molecule has 0 unspecified atom stereocenters. The highest BCUT2D eigenvalue weighted by atomic mass is 127. The minimum atomic E-state index is 0. The van der Waals surface area contributed by atoms with Gasteiger partial charge in [0.15, 0.2) is 12.4 Å². The number of benzene rings is 1. The van der Waals surface area contributed by atoms with Crippen LogP contribution in [-0.2, 0) is 6.54 Å². The van der Waals surface area contributed by atoms with Crippen LogP contribution in [0.15, 0.2) is 48.8 Å². The van der Waals surface area contributed by atoms with Crippen LogP contribution in [0.25, 0.3) is 12.2 Å². The van der Waals surface area contributed by atoms with Gasteiger partial charge in [-0.1, -0.05) is 282 Å². The monoisotopic (exact) mass is 969 g/mol. The molecule has 0 atom stereocenters. The van der Waals surface area contributed by atoms with Gasteiger partial charge in [0.1, 0.15) is 6.54 Å². The molecule has 62 heavy (non-hydrogen) atoms. The van der Waals surface area contributed by atoms with Gasteiger partial charge in [0.2, 0.25) is 0 Å². The first-order valence-electron chi connectivity index (χ1n) is 27.8. The van der Waals surface area contributed by atoms with Gasteiger partial charge in [-0.3, -0.25) is 0 Å². The standard InChI is InChI=1S/C59H105N2.HI/c1-4-7-9-11-13-15-17-19-21-23-25-27-29-31-33-35-37-39-41-43-53-61(59-49-47-57(48-50-59)45-46-58-51-55-60(6-3)56-52-58)54-44-42-40-38-36-34-32-30-28-26-24-22-20-18-16-14-12-10-8-5-2;/h45-52,55-56H,4-44,53-54H2,1-3H3;1H/q+1;/p-1. The summed E-state index contributed by atoms with van der Waals surface area (Å²) in [6.07, 6.45) is 66.6. The Morgan fingerprint density at radius 2 is 0.565 bits per heavy atom. The van der Waals surface area contributed by atoms with Crippen LogP contribution in [0.2, 0.25) is 0 Å². The van der Waals surface area contributed by atoms with Crippen LogP contribution in [0.3, 0.4) is 0 Å². The average molecular weight is 969 g/mol. The third-order valence-electron chi connectivity index (χ3n) is 13.6. The predicted octanol–water partition coefficient (Wildman–Crippen LogP) is 16.6. The smallest absolute Gasteiger partial charge is 0.169 e. The molecular weight excluding hydrogens is 864 g/mol. The Morgan fingerprint density at radius 1 is 0.323 bits per heavy atom.